The van der Waals surface area contributed by atoms with Crippen LogP contribution in [0.2, 0.25) is 0 Å². The number of carboxylic acid groups (broad SMARTS) is 1. The molecule has 0 aromatic heterocycles. The minimum atomic E-state index is -0.987. The number of hydrogen-bond donors (Lipinski definition) is 1. The molecule has 1 saturated heterocycles. The van der Waals surface area contributed by atoms with Gasteiger partial charge in [-0.1, -0.05) is 0 Å². The van der Waals surface area contributed by atoms with E-state index in [-0.39, 0.29) is 6.04 Å². The second-order valence-electron chi connectivity index (χ2n) is 3.17. The maximum Gasteiger partial charge on any atom is 0.408 e. The lowest BCUT2D eigenvalue weighted by Crippen LogP contribution is -2.48. The highest BCUT2D eigenvalue weighted by atomic mass is 16.4. The summed E-state index contributed by atoms with van der Waals surface area (Å²) in [5.74, 6) is 0. The van der Waals surface area contributed by atoms with Gasteiger partial charge < -0.3 is 9.90 Å². The molecule has 2 atom stereocenters. The van der Waals surface area contributed by atoms with E-state index in [1.807, 2.05) is 6.92 Å². The van der Waals surface area contributed by atoms with Crippen molar-refractivity contribution in [2.45, 2.75) is 38.3 Å². The summed E-state index contributed by atoms with van der Waals surface area (Å²) >= 11 is 0. The number of carbonyl (C=O) groups excluding carboxylic acids is 1. The quantitative estimate of drug-likeness (QED) is 0.601. The molecule has 0 radical (unpaired) electrons. The number of hydrogen-bond acceptors (Lipinski definition) is 2. The number of piperidine rings is 1. The topological polar surface area (TPSA) is 57.6 Å². The van der Waals surface area contributed by atoms with E-state index in [2.05, 4.69) is 0 Å². The molecule has 1 N–H and O–H groups in total. The lowest BCUT2D eigenvalue weighted by molar-refractivity contribution is -0.113. The second-order valence-corrected chi connectivity index (χ2v) is 3.17. The fourth-order valence-corrected chi connectivity index (χ4v) is 1.69. The second kappa shape index (κ2) is 3.56. The molecule has 4 nitrogen and oxygen atoms in total. The van der Waals surface area contributed by atoms with Gasteiger partial charge in [-0.3, -0.25) is 4.90 Å². The molecule has 0 aromatic rings. The van der Waals surface area contributed by atoms with Crippen LogP contribution in [-0.2, 0) is 4.79 Å². The number of nitrogens with zero attached hydrogens (tertiary/aromatic N) is 1. The van der Waals surface area contributed by atoms with Gasteiger partial charge in [0.2, 0.25) is 0 Å². The first-order valence-electron chi connectivity index (χ1n) is 4.13. The van der Waals surface area contributed by atoms with Crippen LogP contribution in [0.15, 0.2) is 0 Å². The van der Waals surface area contributed by atoms with Crippen molar-refractivity contribution in [3.8, 4) is 0 Å². The van der Waals surface area contributed by atoms with Crippen LogP contribution in [0.4, 0.5) is 4.79 Å². The average molecular weight is 171 g/mol. The molecule has 1 aliphatic rings. The fraction of sp³-hybridized carbons (Fsp3) is 0.750. The van der Waals surface area contributed by atoms with Crippen molar-refractivity contribution in [3.05, 3.63) is 0 Å². The van der Waals surface area contributed by atoms with Crippen LogP contribution in [0.25, 0.3) is 0 Å². The third-order valence-corrected chi connectivity index (χ3v) is 2.33. The number of likely N-dealkylation sites (tertiary alicyclic amines) is 1. The summed E-state index contributed by atoms with van der Waals surface area (Å²) in [6.07, 6.45) is 2.20. The molecule has 0 aromatic carbocycles. The molecule has 12 heavy (non-hydrogen) atoms. The van der Waals surface area contributed by atoms with Gasteiger partial charge in [-0.2, -0.15) is 0 Å². The van der Waals surface area contributed by atoms with E-state index in [0.29, 0.717) is 6.42 Å². The predicted molar refractivity (Wildman–Crippen MR) is 43.0 cm³/mol. The summed E-state index contributed by atoms with van der Waals surface area (Å²) in [7, 11) is 0. The highest BCUT2D eigenvalue weighted by Gasteiger charge is 2.30. The van der Waals surface area contributed by atoms with E-state index in [9.17, 15) is 9.59 Å². The predicted octanol–water partition coefficient (Wildman–Crippen LogP) is 1.11. The Morgan fingerprint density at radius 2 is 2.25 bits per heavy atom. The average Bonchev–Trinajstić information content (AvgIpc) is 2.03. The molecule has 1 fully saturated rings. The van der Waals surface area contributed by atoms with Crippen LogP contribution in [0, 0.1) is 0 Å². The van der Waals surface area contributed by atoms with Gasteiger partial charge in [0.25, 0.3) is 0 Å². The van der Waals surface area contributed by atoms with Crippen molar-refractivity contribution in [2.24, 2.45) is 0 Å². The van der Waals surface area contributed by atoms with Crippen molar-refractivity contribution < 1.29 is 14.7 Å². The molecule has 0 spiro atoms. The summed E-state index contributed by atoms with van der Waals surface area (Å²) < 4.78 is 0. The monoisotopic (exact) mass is 171 g/mol. The van der Waals surface area contributed by atoms with Gasteiger partial charge in [0.15, 0.2) is 0 Å². The maximum atomic E-state index is 10.7. The zero-order chi connectivity index (χ0) is 9.14. The smallest absolute Gasteiger partial charge is 0.408 e. The lowest BCUT2D eigenvalue weighted by Gasteiger charge is -2.35. The van der Waals surface area contributed by atoms with Gasteiger partial charge in [0.05, 0.1) is 6.04 Å². The molecule has 68 valence electrons. The summed E-state index contributed by atoms with van der Waals surface area (Å²) in [4.78, 5) is 22.5. The molecule has 1 aliphatic heterocycles. The highest BCUT2D eigenvalue weighted by molar-refractivity contribution is 5.72. The van der Waals surface area contributed by atoms with Crippen LogP contribution in [0.3, 0.4) is 0 Å². The van der Waals surface area contributed by atoms with Crippen molar-refractivity contribution in [3.63, 3.8) is 0 Å². The summed E-state index contributed by atoms with van der Waals surface area (Å²) in [5, 5.41) is 8.78. The van der Waals surface area contributed by atoms with Crippen LogP contribution < -0.4 is 0 Å². The Balaban J connectivity index is 2.72. The Labute approximate surface area is 71.2 Å². The van der Waals surface area contributed by atoms with Crippen molar-refractivity contribution >= 4 is 12.4 Å². The van der Waals surface area contributed by atoms with Crippen LogP contribution in [0.1, 0.15) is 26.2 Å². The van der Waals surface area contributed by atoms with Gasteiger partial charge >= 0.3 is 6.09 Å². The third-order valence-electron chi connectivity index (χ3n) is 2.33. The number of amides is 1. The standard InChI is InChI=1S/C8H13NO3/c1-6-3-2-4-7(5-10)9(6)8(11)12/h5-7H,2-4H2,1H3,(H,11,12). The Morgan fingerprint density at radius 3 is 2.67 bits per heavy atom. The third kappa shape index (κ3) is 1.57. The van der Waals surface area contributed by atoms with E-state index in [4.69, 9.17) is 5.11 Å². The van der Waals surface area contributed by atoms with Crippen molar-refractivity contribution in [1.29, 1.82) is 0 Å². The summed E-state index contributed by atoms with van der Waals surface area (Å²) in [6.45, 7) is 1.84. The first-order valence-corrected chi connectivity index (χ1v) is 4.13. The molecule has 0 bridgehead atoms. The molecule has 1 rings (SSSR count). The highest BCUT2D eigenvalue weighted by Crippen LogP contribution is 2.21. The normalized spacial score (nSPS) is 29.9. The zero-order valence-corrected chi connectivity index (χ0v) is 7.06. The fourth-order valence-electron chi connectivity index (χ4n) is 1.69. The Bertz CT molecular complexity index is 193. The van der Waals surface area contributed by atoms with Crippen molar-refractivity contribution in [2.75, 3.05) is 0 Å². The molecule has 1 amide bonds. The molecule has 4 heteroatoms. The van der Waals surface area contributed by atoms with Gasteiger partial charge in [0, 0.05) is 6.04 Å². The number of rotatable bonds is 1. The zero-order valence-electron chi connectivity index (χ0n) is 7.06. The molecular formula is C8H13NO3. The van der Waals surface area contributed by atoms with E-state index in [0.717, 1.165) is 19.1 Å². The van der Waals surface area contributed by atoms with Crippen LogP contribution >= 0.6 is 0 Å². The van der Waals surface area contributed by atoms with Crippen molar-refractivity contribution in [1.82, 2.24) is 4.90 Å². The van der Waals surface area contributed by atoms with E-state index in [1.54, 1.807) is 0 Å². The minimum Gasteiger partial charge on any atom is -0.465 e. The summed E-state index contributed by atoms with van der Waals surface area (Å²) in [5.41, 5.74) is 0. The van der Waals surface area contributed by atoms with Gasteiger partial charge in [0.1, 0.15) is 6.29 Å². The minimum absolute atomic E-state index is 0.0218. The molecule has 2 unspecified atom stereocenters. The van der Waals surface area contributed by atoms with E-state index < -0.39 is 12.1 Å². The first-order chi connectivity index (χ1) is 5.66. The van der Waals surface area contributed by atoms with E-state index in [1.165, 1.54) is 4.90 Å². The van der Waals surface area contributed by atoms with E-state index >= 15 is 0 Å². The Kier molecular flexibility index (Phi) is 2.68. The first kappa shape index (κ1) is 9.03. The Hall–Kier alpha value is -1.06. The molecule has 0 aliphatic carbocycles. The largest absolute Gasteiger partial charge is 0.465 e. The lowest BCUT2D eigenvalue weighted by atomic mass is 9.98. The number of aldehydes is 1. The van der Waals surface area contributed by atoms with Gasteiger partial charge in [-0.25, -0.2) is 4.79 Å². The number of carbonyl (C=O) groups is 2. The Morgan fingerprint density at radius 1 is 1.58 bits per heavy atom. The van der Waals surface area contributed by atoms with Crippen LogP contribution in [-0.4, -0.2) is 34.5 Å². The van der Waals surface area contributed by atoms with Gasteiger partial charge in [-0.05, 0) is 26.2 Å². The summed E-state index contributed by atoms with van der Waals surface area (Å²) in [6, 6.07) is -0.447. The SMILES string of the molecule is CC1CCCC(C=O)N1C(=O)O. The molecule has 0 saturated carbocycles. The van der Waals surface area contributed by atoms with Crippen LogP contribution in [0.5, 0.6) is 0 Å². The molecule has 1 heterocycles. The van der Waals surface area contributed by atoms with Gasteiger partial charge in [-0.15, -0.1) is 0 Å². The maximum absolute atomic E-state index is 10.7. The molecular weight excluding hydrogens is 158 g/mol.